The monoisotopic (exact) mass is 236 g/mol. The Kier molecular flexibility index (Phi) is 4.88. The van der Waals surface area contributed by atoms with Gasteiger partial charge < -0.3 is 14.8 Å². The maximum atomic E-state index is 5.59. The van der Waals surface area contributed by atoms with Crippen LogP contribution in [0.25, 0.3) is 0 Å². The van der Waals surface area contributed by atoms with Crippen LogP contribution < -0.4 is 5.32 Å². The lowest BCUT2D eigenvalue weighted by Crippen LogP contribution is -2.37. The van der Waals surface area contributed by atoms with E-state index in [0.717, 1.165) is 46.0 Å². The van der Waals surface area contributed by atoms with Crippen molar-refractivity contribution in [2.75, 3.05) is 46.0 Å². The van der Waals surface area contributed by atoms with Gasteiger partial charge in [0, 0.05) is 26.2 Å². The summed E-state index contributed by atoms with van der Waals surface area (Å²) in [7, 11) is 3.62. The summed E-state index contributed by atoms with van der Waals surface area (Å²) in [6.07, 6.45) is 0. The van der Waals surface area contributed by atoms with Gasteiger partial charge in [0.2, 0.25) is 0 Å². The molecule has 4 nitrogen and oxygen atoms in total. The molecule has 0 saturated carbocycles. The molecule has 2 aliphatic rings. The lowest BCUT2D eigenvalue weighted by Gasteiger charge is -2.28. The Morgan fingerprint density at radius 1 is 1.21 bits per heavy atom. The van der Waals surface area contributed by atoms with Crippen molar-refractivity contribution in [1.29, 1.82) is 0 Å². The summed E-state index contributed by atoms with van der Waals surface area (Å²) in [6.45, 7) is 6.55. The molecule has 0 bridgehead atoms. The summed E-state index contributed by atoms with van der Waals surface area (Å²) in [5, 5.41) is 3.32. The van der Waals surface area contributed by atoms with Gasteiger partial charge in [0.25, 0.3) is 0 Å². The smallest absolute Gasteiger partial charge is 0.126 e. The molecule has 1 atom stereocenters. The SMILES string of the molecule is C1COC(SSN2CCOCC2)CN1. The molecule has 2 fully saturated rings. The molecule has 82 valence electrons. The standard InChI is InChI=1S/C8H16N2O2S2/c1-4-12-8(7-9-1)13-14-10-2-5-11-6-3-10/h8-9H,1-7H2. The van der Waals surface area contributed by atoms with Crippen molar-refractivity contribution >= 4 is 21.8 Å². The van der Waals surface area contributed by atoms with E-state index < -0.39 is 0 Å². The molecule has 2 rings (SSSR count). The fraction of sp³-hybridized carbons (Fsp3) is 1.00. The first-order chi connectivity index (χ1) is 6.95. The summed E-state index contributed by atoms with van der Waals surface area (Å²) in [5.74, 6) is 0. The van der Waals surface area contributed by atoms with E-state index >= 15 is 0 Å². The highest BCUT2D eigenvalue weighted by molar-refractivity contribution is 8.76. The predicted octanol–water partition coefficient (Wildman–Crippen LogP) is 0.561. The lowest BCUT2D eigenvalue weighted by molar-refractivity contribution is 0.0773. The molecule has 2 aliphatic heterocycles. The van der Waals surface area contributed by atoms with E-state index in [1.807, 2.05) is 11.0 Å². The van der Waals surface area contributed by atoms with E-state index in [4.69, 9.17) is 9.47 Å². The van der Waals surface area contributed by atoms with Crippen LogP contribution in [0.5, 0.6) is 0 Å². The summed E-state index contributed by atoms with van der Waals surface area (Å²) in [6, 6.07) is 0. The van der Waals surface area contributed by atoms with Crippen molar-refractivity contribution in [3.8, 4) is 0 Å². The van der Waals surface area contributed by atoms with Crippen LogP contribution in [0.2, 0.25) is 0 Å². The number of rotatable bonds is 3. The van der Waals surface area contributed by atoms with Crippen molar-refractivity contribution < 1.29 is 9.47 Å². The van der Waals surface area contributed by atoms with Crippen LogP contribution in [0, 0.1) is 0 Å². The predicted molar refractivity (Wildman–Crippen MR) is 60.2 cm³/mol. The number of morpholine rings is 2. The van der Waals surface area contributed by atoms with Crippen LogP contribution in [-0.4, -0.2) is 55.7 Å². The van der Waals surface area contributed by atoms with Gasteiger partial charge in [-0.25, -0.2) is 4.31 Å². The zero-order valence-corrected chi connectivity index (χ0v) is 9.74. The Balaban J connectivity index is 1.60. The zero-order valence-electron chi connectivity index (χ0n) is 8.11. The Hall–Kier alpha value is 0.540. The number of nitrogens with one attached hydrogen (secondary N) is 1. The van der Waals surface area contributed by atoms with E-state index in [9.17, 15) is 0 Å². The average molecular weight is 236 g/mol. The van der Waals surface area contributed by atoms with Gasteiger partial charge in [-0.2, -0.15) is 0 Å². The third-order valence-electron chi connectivity index (χ3n) is 2.12. The topological polar surface area (TPSA) is 33.7 Å². The lowest BCUT2D eigenvalue weighted by atomic mass is 10.5. The van der Waals surface area contributed by atoms with Crippen molar-refractivity contribution in [1.82, 2.24) is 9.62 Å². The Morgan fingerprint density at radius 2 is 2.07 bits per heavy atom. The van der Waals surface area contributed by atoms with Gasteiger partial charge in [0.15, 0.2) is 0 Å². The van der Waals surface area contributed by atoms with Crippen LogP contribution in [-0.2, 0) is 9.47 Å². The number of ether oxygens (including phenoxy) is 2. The first-order valence-electron chi connectivity index (χ1n) is 4.93. The molecule has 2 saturated heterocycles. The molecule has 0 radical (unpaired) electrons. The van der Waals surface area contributed by atoms with Gasteiger partial charge in [-0.3, -0.25) is 0 Å². The second-order valence-electron chi connectivity index (χ2n) is 3.22. The molecule has 0 aromatic rings. The minimum Gasteiger partial charge on any atom is -0.379 e. The average Bonchev–Trinajstić information content (AvgIpc) is 2.29. The zero-order chi connectivity index (χ0) is 9.64. The Morgan fingerprint density at radius 3 is 2.79 bits per heavy atom. The highest BCUT2D eigenvalue weighted by Crippen LogP contribution is 2.31. The third kappa shape index (κ3) is 3.60. The van der Waals surface area contributed by atoms with E-state index in [1.165, 1.54) is 0 Å². The second-order valence-corrected chi connectivity index (χ2v) is 5.62. The van der Waals surface area contributed by atoms with Gasteiger partial charge in [0.1, 0.15) is 5.44 Å². The van der Waals surface area contributed by atoms with Gasteiger partial charge in [-0.05, 0) is 21.8 Å². The van der Waals surface area contributed by atoms with Crippen LogP contribution in [0.15, 0.2) is 0 Å². The van der Waals surface area contributed by atoms with Gasteiger partial charge in [-0.15, -0.1) is 0 Å². The molecule has 6 heteroatoms. The largest absolute Gasteiger partial charge is 0.379 e. The highest BCUT2D eigenvalue weighted by atomic mass is 33.1. The third-order valence-corrected chi connectivity index (χ3v) is 4.83. The first kappa shape index (κ1) is 11.0. The fourth-order valence-electron chi connectivity index (χ4n) is 1.33. The fourth-order valence-corrected chi connectivity index (χ4v) is 3.66. The Bertz CT molecular complexity index is 143. The van der Waals surface area contributed by atoms with Crippen LogP contribution in [0.1, 0.15) is 0 Å². The molecule has 0 spiro atoms. The molecule has 14 heavy (non-hydrogen) atoms. The van der Waals surface area contributed by atoms with Crippen LogP contribution in [0.4, 0.5) is 0 Å². The van der Waals surface area contributed by atoms with E-state index in [0.29, 0.717) is 5.44 Å². The van der Waals surface area contributed by atoms with Gasteiger partial charge >= 0.3 is 0 Å². The molecular weight excluding hydrogens is 220 g/mol. The summed E-state index contributed by atoms with van der Waals surface area (Å²) >= 11 is 0. The van der Waals surface area contributed by atoms with Crippen LogP contribution in [0.3, 0.4) is 0 Å². The van der Waals surface area contributed by atoms with Crippen molar-refractivity contribution in [2.24, 2.45) is 0 Å². The van der Waals surface area contributed by atoms with Crippen LogP contribution >= 0.6 is 21.8 Å². The minimum atomic E-state index is 0.302. The molecule has 1 N–H and O–H groups in total. The molecule has 0 amide bonds. The second kappa shape index (κ2) is 6.19. The van der Waals surface area contributed by atoms with Crippen molar-refractivity contribution in [3.05, 3.63) is 0 Å². The quantitative estimate of drug-likeness (QED) is 0.570. The van der Waals surface area contributed by atoms with E-state index in [-0.39, 0.29) is 0 Å². The molecule has 0 aromatic carbocycles. The Labute approximate surface area is 92.6 Å². The highest BCUT2D eigenvalue weighted by Gasteiger charge is 2.17. The van der Waals surface area contributed by atoms with Crippen molar-refractivity contribution in [2.45, 2.75) is 5.44 Å². The molecule has 1 unspecified atom stereocenters. The molecule has 2 heterocycles. The maximum Gasteiger partial charge on any atom is 0.126 e. The summed E-state index contributed by atoms with van der Waals surface area (Å²) < 4.78 is 13.2. The van der Waals surface area contributed by atoms with Gasteiger partial charge in [0.05, 0.1) is 19.8 Å². The number of hydrogen-bond donors (Lipinski definition) is 1. The number of hydrogen-bond acceptors (Lipinski definition) is 6. The minimum absolute atomic E-state index is 0.302. The molecular formula is C8H16N2O2S2. The summed E-state index contributed by atoms with van der Waals surface area (Å²) in [5.41, 5.74) is 0.302. The van der Waals surface area contributed by atoms with E-state index in [1.54, 1.807) is 10.8 Å². The first-order valence-corrected chi connectivity index (χ1v) is 7.10. The summed E-state index contributed by atoms with van der Waals surface area (Å²) in [4.78, 5) is 0. The number of nitrogens with zero attached hydrogens (tertiary/aromatic N) is 1. The van der Waals surface area contributed by atoms with Gasteiger partial charge in [-0.1, -0.05) is 0 Å². The normalized spacial score (nSPS) is 30.4. The molecule has 0 aromatic heterocycles. The van der Waals surface area contributed by atoms with E-state index in [2.05, 4.69) is 9.62 Å². The maximum absolute atomic E-state index is 5.59. The molecule has 0 aliphatic carbocycles. The van der Waals surface area contributed by atoms with Crippen molar-refractivity contribution in [3.63, 3.8) is 0 Å².